The predicted molar refractivity (Wildman–Crippen MR) is 161 cm³/mol. The number of amides is 2. The molecule has 0 unspecified atom stereocenters. The summed E-state index contributed by atoms with van der Waals surface area (Å²) in [4.78, 5) is 28.7. The Bertz CT molecular complexity index is 1420. The number of carbonyl (C=O) groups is 2. The second-order valence-electron chi connectivity index (χ2n) is 9.63. The van der Waals surface area contributed by atoms with Crippen molar-refractivity contribution in [2.45, 2.75) is 44.7 Å². The summed E-state index contributed by atoms with van der Waals surface area (Å²) in [6.07, 6.45) is 0.312. The first-order valence-corrected chi connectivity index (χ1v) is 15.4. The zero-order chi connectivity index (χ0) is 29.4. The van der Waals surface area contributed by atoms with Crippen LogP contribution in [0.4, 0.5) is 5.69 Å². The Morgan fingerprint density at radius 3 is 2.12 bits per heavy atom. The highest BCUT2D eigenvalue weighted by Crippen LogP contribution is 2.33. The van der Waals surface area contributed by atoms with Gasteiger partial charge in [0.15, 0.2) is 0 Å². The van der Waals surface area contributed by atoms with E-state index in [-0.39, 0.29) is 39.0 Å². The number of nitrogens with zero attached hydrogens (tertiary/aromatic N) is 2. The molecule has 7 nitrogen and oxygen atoms in total. The number of hydrogen-bond donors (Lipinski definition) is 1. The van der Waals surface area contributed by atoms with Crippen LogP contribution < -0.4 is 9.62 Å². The van der Waals surface area contributed by atoms with Gasteiger partial charge >= 0.3 is 0 Å². The monoisotopic (exact) mass is 623 g/mol. The molecular formula is C29H32Cl3N3O4S. The van der Waals surface area contributed by atoms with E-state index in [1.54, 1.807) is 49.4 Å². The van der Waals surface area contributed by atoms with E-state index in [2.05, 4.69) is 5.32 Å². The third-order valence-corrected chi connectivity index (χ3v) is 8.70. The van der Waals surface area contributed by atoms with Crippen LogP contribution in [0.2, 0.25) is 15.1 Å². The minimum absolute atomic E-state index is 0.0233. The molecule has 1 atom stereocenters. The number of anilines is 1. The Morgan fingerprint density at radius 2 is 1.52 bits per heavy atom. The van der Waals surface area contributed by atoms with Gasteiger partial charge in [-0.15, -0.1) is 0 Å². The smallest absolute Gasteiger partial charge is 0.264 e. The van der Waals surface area contributed by atoms with Crippen LogP contribution in [0.25, 0.3) is 0 Å². The molecule has 1 N–H and O–H groups in total. The molecule has 40 heavy (non-hydrogen) atoms. The first-order chi connectivity index (χ1) is 18.9. The van der Waals surface area contributed by atoms with E-state index >= 15 is 0 Å². The van der Waals surface area contributed by atoms with Gasteiger partial charge in [0.05, 0.1) is 15.6 Å². The van der Waals surface area contributed by atoms with Gasteiger partial charge in [0.2, 0.25) is 11.8 Å². The number of hydrogen-bond acceptors (Lipinski definition) is 4. The Balaban J connectivity index is 2.07. The van der Waals surface area contributed by atoms with Crippen LogP contribution in [0.1, 0.15) is 32.8 Å². The fourth-order valence-corrected chi connectivity index (χ4v) is 6.05. The summed E-state index contributed by atoms with van der Waals surface area (Å²) in [7, 11) is -4.25. The number of sulfonamides is 1. The quantitative estimate of drug-likeness (QED) is 0.252. The number of halogens is 3. The second kappa shape index (κ2) is 14.2. The van der Waals surface area contributed by atoms with Crippen LogP contribution in [-0.4, -0.2) is 44.3 Å². The molecule has 0 aliphatic carbocycles. The molecule has 0 bridgehead atoms. The molecule has 0 fully saturated rings. The molecule has 3 aromatic carbocycles. The molecule has 214 valence electrons. The van der Waals surface area contributed by atoms with E-state index in [0.717, 1.165) is 9.87 Å². The van der Waals surface area contributed by atoms with Gasteiger partial charge in [-0.3, -0.25) is 13.9 Å². The van der Waals surface area contributed by atoms with E-state index < -0.39 is 28.5 Å². The largest absolute Gasteiger partial charge is 0.354 e. The molecule has 11 heteroatoms. The maximum atomic E-state index is 14.1. The summed E-state index contributed by atoms with van der Waals surface area (Å²) in [6, 6.07) is 18.2. The first-order valence-electron chi connectivity index (χ1n) is 12.8. The molecule has 0 heterocycles. The molecule has 0 aliphatic rings. The highest BCUT2D eigenvalue weighted by atomic mass is 35.5. The standard InChI is InChI=1S/C29H32Cl3N3O4S/c1-4-26(29(37)33-17-20(2)3)34(18-21-10-12-22(30)13-11-21)28(36)19-35(27-16-23(31)14-15-25(27)32)40(38,39)24-8-6-5-7-9-24/h5-16,20,26H,4,17-19H2,1-3H3,(H,33,37)/t26-/m0/s1. The van der Waals surface area contributed by atoms with Gasteiger partial charge in [-0.25, -0.2) is 8.42 Å². The van der Waals surface area contributed by atoms with Crippen LogP contribution in [0, 0.1) is 5.92 Å². The average molecular weight is 625 g/mol. The summed E-state index contributed by atoms with van der Waals surface area (Å²) < 4.78 is 28.7. The lowest BCUT2D eigenvalue weighted by atomic mass is 10.1. The van der Waals surface area contributed by atoms with E-state index in [1.807, 2.05) is 13.8 Å². The maximum absolute atomic E-state index is 14.1. The number of benzene rings is 3. The van der Waals surface area contributed by atoms with Crippen LogP contribution in [0.15, 0.2) is 77.7 Å². The molecule has 0 spiro atoms. The van der Waals surface area contributed by atoms with E-state index in [4.69, 9.17) is 34.8 Å². The summed E-state index contributed by atoms with van der Waals surface area (Å²) in [6.45, 7) is 5.63. The van der Waals surface area contributed by atoms with Crippen molar-refractivity contribution in [1.29, 1.82) is 0 Å². The van der Waals surface area contributed by atoms with E-state index in [0.29, 0.717) is 18.0 Å². The van der Waals surface area contributed by atoms with Crippen molar-refractivity contribution in [2.24, 2.45) is 5.92 Å². The predicted octanol–water partition coefficient (Wildman–Crippen LogP) is 6.42. The molecule has 0 radical (unpaired) electrons. The fourth-order valence-electron chi connectivity index (χ4n) is 4.04. The maximum Gasteiger partial charge on any atom is 0.264 e. The molecule has 0 aliphatic heterocycles. The Kier molecular flexibility index (Phi) is 11.3. The van der Waals surface area contributed by atoms with Crippen LogP contribution in [-0.2, 0) is 26.2 Å². The molecule has 3 aromatic rings. The lowest BCUT2D eigenvalue weighted by Gasteiger charge is -2.33. The number of rotatable bonds is 12. The van der Waals surface area contributed by atoms with Crippen LogP contribution in [0.3, 0.4) is 0 Å². The fraction of sp³-hybridized carbons (Fsp3) is 0.310. The summed E-state index contributed by atoms with van der Waals surface area (Å²) >= 11 is 18.7. The minimum atomic E-state index is -4.25. The Hall–Kier alpha value is -2.78. The number of nitrogens with one attached hydrogen (secondary N) is 1. The highest BCUT2D eigenvalue weighted by molar-refractivity contribution is 7.92. The Labute approximate surface area is 251 Å². The summed E-state index contributed by atoms with van der Waals surface area (Å²) in [5, 5.41) is 3.77. The van der Waals surface area contributed by atoms with Gasteiger partial charge in [0.25, 0.3) is 10.0 Å². The first kappa shape index (κ1) is 31.7. The summed E-state index contributed by atoms with van der Waals surface area (Å²) in [5.74, 6) is -0.702. The third kappa shape index (κ3) is 8.13. The minimum Gasteiger partial charge on any atom is -0.354 e. The highest BCUT2D eigenvalue weighted by Gasteiger charge is 2.34. The molecule has 3 rings (SSSR count). The van der Waals surface area contributed by atoms with Crippen molar-refractivity contribution in [3.8, 4) is 0 Å². The normalized spacial score (nSPS) is 12.2. The third-order valence-electron chi connectivity index (χ3n) is 6.12. The van der Waals surface area contributed by atoms with Gasteiger partial charge in [0, 0.05) is 23.1 Å². The molecule has 0 aromatic heterocycles. The van der Waals surface area contributed by atoms with Crippen molar-refractivity contribution in [3.05, 3.63) is 93.4 Å². The van der Waals surface area contributed by atoms with Gasteiger partial charge < -0.3 is 10.2 Å². The van der Waals surface area contributed by atoms with Crippen molar-refractivity contribution >= 4 is 62.3 Å². The van der Waals surface area contributed by atoms with Crippen molar-refractivity contribution in [2.75, 3.05) is 17.4 Å². The Morgan fingerprint density at radius 1 is 0.900 bits per heavy atom. The molecule has 0 saturated carbocycles. The van der Waals surface area contributed by atoms with Crippen molar-refractivity contribution in [1.82, 2.24) is 10.2 Å². The molecular weight excluding hydrogens is 593 g/mol. The van der Waals surface area contributed by atoms with Gasteiger partial charge in [-0.2, -0.15) is 0 Å². The van der Waals surface area contributed by atoms with Crippen LogP contribution in [0.5, 0.6) is 0 Å². The average Bonchev–Trinajstić information content (AvgIpc) is 2.93. The SMILES string of the molecule is CC[C@@H](C(=O)NCC(C)C)N(Cc1ccc(Cl)cc1)C(=O)CN(c1cc(Cl)ccc1Cl)S(=O)(=O)c1ccccc1. The second-order valence-corrected chi connectivity index (χ2v) is 12.8. The van der Waals surface area contributed by atoms with Crippen molar-refractivity contribution in [3.63, 3.8) is 0 Å². The number of carbonyl (C=O) groups excluding carboxylic acids is 2. The zero-order valence-electron chi connectivity index (χ0n) is 22.5. The molecule has 2 amide bonds. The lowest BCUT2D eigenvalue weighted by Crippen LogP contribution is -2.52. The van der Waals surface area contributed by atoms with E-state index in [1.165, 1.54) is 35.2 Å². The zero-order valence-corrected chi connectivity index (χ0v) is 25.6. The lowest BCUT2D eigenvalue weighted by molar-refractivity contribution is -0.140. The summed E-state index contributed by atoms with van der Waals surface area (Å²) in [5.41, 5.74) is 0.779. The van der Waals surface area contributed by atoms with Gasteiger partial charge in [-0.05, 0) is 60.4 Å². The van der Waals surface area contributed by atoms with Gasteiger partial charge in [-0.1, -0.05) is 85.9 Å². The molecule has 0 saturated heterocycles. The van der Waals surface area contributed by atoms with Gasteiger partial charge in [0.1, 0.15) is 12.6 Å². The van der Waals surface area contributed by atoms with Crippen LogP contribution >= 0.6 is 34.8 Å². The van der Waals surface area contributed by atoms with E-state index in [9.17, 15) is 18.0 Å². The topological polar surface area (TPSA) is 86.8 Å². The van der Waals surface area contributed by atoms with Crippen molar-refractivity contribution < 1.29 is 18.0 Å².